The van der Waals surface area contributed by atoms with E-state index in [1.54, 1.807) is 0 Å². The monoisotopic (exact) mass is 318 g/mol. The minimum atomic E-state index is 0.305. The number of ether oxygens (including phenoxy) is 1. The number of unbranched alkanes of at least 4 members (excludes halogenated alkanes) is 2. The molecule has 0 saturated carbocycles. The summed E-state index contributed by atoms with van der Waals surface area (Å²) >= 11 is 0. The molecule has 2 N–H and O–H groups in total. The Kier molecular flexibility index (Phi) is 7.38. The topological polar surface area (TPSA) is 38.5 Å². The molecule has 0 amide bonds. The van der Waals surface area contributed by atoms with Crippen molar-refractivity contribution in [1.82, 2.24) is 4.90 Å². The Morgan fingerprint density at radius 1 is 1.22 bits per heavy atom. The fourth-order valence-electron chi connectivity index (χ4n) is 3.82. The van der Waals surface area contributed by atoms with Crippen LogP contribution in [0.3, 0.4) is 0 Å². The van der Waals surface area contributed by atoms with E-state index >= 15 is 0 Å². The smallest absolute Gasteiger partial charge is 0.119 e. The van der Waals surface area contributed by atoms with Gasteiger partial charge in [0.2, 0.25) is 0 Å². The molecule has 0 bridgehead atoms. The first-order valence-corrected chi connectivity index (χ1v) is 9.30. The van der Waals surface area contributed by atoms with E-state index in [1.165, 1.54) is 24.8 Å². The molecule has 3 atom stereocenters. The maximum Gasteiger partial charge on any atom is 0.119 e. The van der Waals surface area contributed by atoms with E-state index in [4.69, 9.17) is 10.5 Å². The van der Waals surface area contributed by atoms with Crippen LogP contribution in [0.15, 0.2) is 24.3 Å². The molecule has 1 aliphatic heterocycles. The van der Waals surface area contributed by atoms with Gasteiger partial charge in [-0.2, -0.15) is 0 Å². The molecular formula is C20H34N2O. The lowest BCUT2D eigenvalue weighted by atomic mass is 9.89. The summed E-state index contributed by atoms with van der Waals surface area (Å²) in [6, 6.07) is 8.85. The molecule has 130 valence electrons. The van der Waals surface area contributed by atoms with Crippen LogP contribution in [0.25, 0.3) is 0 Å². The van der Waals surface area contributed by atoms with Crippen LogP contribution in [0.4, 0.5) is 0 Å². The Hall–Kier alpha value is -1.06. The zero-order valence-corrected chi connectivity index (χ0v) is 15.1. The highest BCUT2D eigenvalue weighted by molar-refractivity contribution is 5.31. The number of hydrogen-bond donors (Lipinski definition) is 1. The van der Waals surface area contributed by atoms with E-state index in [0.29, 0.717) is 12.6 Å². The van der Waals surface area contributed by atoms with Gasteiger partial charge in [0.05, 0.1) is 6.61 Å². The molecule has 1 saturated heterocycles. The highest BCUT2D eigenvalue weighted by Gasteiger charge is 2.27. The van der Waals surface area contributed by atoms with Gasteiger partial charge in [-0.3, -0.25) is 4.90 Å². The largest absolute Gasteiger partial charge is 0.494 e. The average Bonchev–Trinajstić information content (AvgIpc) is 2.52. The van der Waals surface area contributed by atoms with Crippen LogP contribution in [0, 0.1) is 11.8 Å². The lowest BCUT2D eigenvalue weighted by Crippen LogP contribution is -2.43. The number of piperidine rings is 1. The maximum absolute atomic E-state index is 6.13. The van der Waals surface area contributed by atoms with E-state index in [1.807, 2.05) is 0 Å². The van der Waals surface area contributed by atoms with Crippen molar-refractivity contribution >= 4 is 0 Å². The van der Waals surface area contributed by atoms with Gasteiger partial charge in [0, 0.05) is 25.7 Å². The number of nitrogens with zero attached hydrogens (tertiary/aromatic N) is 1. The summed E-state index contributed by atoms with van der Waals surface area (Å²) in [4.78, 5) is 2.56. The first-order chi connectivity index (χ1) is 11.1. The number of nitrogens with two attached hydrogens (primary N) is 1. The standard InChI is InChI=1S/C20H34N2O/c1-4-5-6-10-23-19-9-7-8-18(12-19)20(13-21)22-14-16(2)11-17(3)15-22/h7-9,12,16-17,20H,4-6,10-11,13-15,21H2,1-3H3. The quantitative estimate of drug-likeness (QED) is 0.729. The number of likely N-dealkylation sites (tertiary alicyclic amines) is 1. The zero-order valence-electron chi connectivity index (χ0n) is 15.1. The molecular weight excluding hydrogens is 284 g/mol. The van der Waals surface area contributed by atoms with Crippen LogP contribution < -0.4 is 10.5 Å². The van der Waals surface area contributed by atoms with Crippen LogP contribution in [-0.4, -0.2) is 31.1 Å². The van der Waals surface area contributed by atoms with Gasteiger partial charge in [-0.15, -0.1) is 0 Å². The molecule has 0 radical (unpaired) electrons. The first kappa shape index (κ1) is 18.3. The molecule has 1 aromatic carbocycles. The van der Waals surface area contributed by atoms with E-state index in [9.17, 15) is 0 Å². The summed E-state index contributed by atoms with van der Waals surface area (Å²) in [5, 5.41) is 0. The SMILES string of the molecule is CCCCCOc1cccc(C(CN)N2CC(C)CC(C)C2)c1. The van der Waals surface area contributed by atoms with Gasteiger partial charge in [0.15, 0.2) is 0 Å². The number of benzene rings is 1. The Balaban J connectivity index is 2.02. The Labute approximate surface area is 142 Å². The summed E-state index contributed by atoms with van der Waals surface area (Å²) in [7, 11) is 0. The van der Waals surface area contributed by atoms with Crippen molar-refractivity contribution in [3.63, 3.8) is 0 Å². The molecule has 1 fully saturated rings. The molecule has 3 unspecified atom stereocenters. The number of rotatable bonds is 8. The van der Waals surface area contributed by atoms with Gasteiger partial charge in [-0.25, -0.2) is 0 Å². The van der Waals surface area contributed by atoms with Crippen molar-refractivity contribution in [3.8, 4) is 5.75 Å². The second kappa shape index (κ2) is 9.29. The fraction of sp³-hybridized carbons (Fsp3) is 0.700. The third-order valence-corrected chi connectivity index (χ3v) is 4.82. The molecule has 3 nitrogen and oxygen atoms in total. The summed E-state index contributed by atoms with van der Waals surface area (Å²) in [6.45, 7) is 10.7. The molecule has 23 heavy (non-hydrogen) atoms. The molecule has 1 heterocycles. The van der Waals surface area contributed by atoms with E-state index < -0.39 is 0 Å². The van der Waals surface area contributed by atoms with Crippen LogP contribution in [0.2, 0.25) is 0 Å². The van der Waals surface area contributed by atoms with Crippen LogP contribution in [0.5, 0.6) is 5.75 Å². The normalized spacial score (nSPS) is 23.7. The highest BCUT2D eigenvalue weighted by Crippen LogP contribution is 2.30. The molecule has 0 aromatic heterocycles. The zero-order chi connectivity index (χ0) is 16.7. The summed E-state index contributed by atoms with van der Waals surface area (Å²) in [6.07, 6.45) is 4.91. The molecule has 2 rings (SSSR count). The van der Waals surface area contributed by atoms with E-state index in [0.717, 1.165) is 43.7 Å². The van der Waals surface area contributed by atoms with E-state index in [-0.39, 0.29) is 0 Å². The lowest BCUT2D eigenvalue weighted by molar-refractivity contribution is 0.0983. The van der Waals surface area contributed by atoms with Crippen molar-refractivity contribution in [2.75, 3.05) is 26.2 Å². The molecule has 1 aliphatic rings. The Morgan fingerprint density at radius 2 is 1.96 bits per heavy atom. The number of hydrogen-bond acceptors (Lipinski definition) is 3. The van der Waals surface area contributed by atoms with Crippen molar-refractivity contribution in [2.45, 2.75) is 52.5 Å². The predicted molar refractivity (Wildman–Crippen MR) is 97.8 cm³/mol. The van der Waals surface area contributed by atoms with Crippen molar-refractivity contribution in [1.29, 1.82) is 0 Å². The third-order valence-electron chi connectivity index (χ3n) is 4.82. The third kappa shape index (κ3) is 5.50. The Morgan fingerprint density at radius 3 is 2.61 bits per heavy atom. The van der Waals surface area contributed by atoms with Gasteiger partial charge in [-0.1, -0.05) is 45.7 Å². The van der Waals surface area contributed by atoms with Gasteiger partial charge in [0.25, 0.3) is 0 Å². The van der Waals surface area contributed by atoms with E-state index in [2.05, 4.69) is 49.9 Å². The Bertz CT molecular complexity index is 453. The predicted octanol–water partition coefficient (Wildman–Crippen LogP) is 4.23. The molecule has 0 aliphatic carbocycles. The average molecular weight is 319 g/mol. The van der Waals surface area contributed by atoms with Gasteiger partial charge < -0.3 is 10.5 Å². The van der Waals surface area contributed by atoms with Gasteiger partial charge >= 0.3 is 0 Å². The summed E-state index contributed by atoms with van der Waals surface area (Å²) in [5.74, 6) is 2.48. The van der Waals surface area contributed by atoms with Crippen LogP contribution in [0.1, 0.15) is 58.1 Å². The van der Waals surface area contributed by atoms with Gasteiger partial charge in [-0.05, 0) is 42.4 Å². The minimum Gasteiger partial charge on any atom is -0.494 e. The lowest BCUT2D eigenvalue weighted by Gasteiger charge is -2.40. The molecule has 3 heteroatoms. The van der Waals surface area contributed by atoms with Crippen molar-refractivity contribution in [3.05, 3.63) is 29.8 Å². The molecule has 0 spiro atoms. The van der Waals surface area contributed by atoms with Crippen LogP contribution >= 0.6 is 0 Å². The van der Waals surface area contributed by atoms with Crippen molar-refractivity contribution in [2.24, 2.45) is 17.6 Å². The first-order valence-electron chi connectivity index (χ1n) is 9.30. The van der Waals surface area contributed by atoms with Crippen molar-refractivity contribution < 1.29 is 4.74 Å². The highest BCUT2D eigenvalue weighted by atomic mass is 16.5. The van der Waals surface area contributed by atoms with Gasteiger partial charge in [0.1, 0.15) is 5.75 Å². The second-order valence-electron chi connectivity index (χ2n) is 7.28. The summed E-state index contributed by atoms with van der Waals surface area (Å²) < 4.78 is 5.91. The second-order valence-corrected chi connectivity index (χ2v) is 7.28. The summed E-state index contributed by atoms with van der Waals surface area (Å²) in [5.41, 5.74) is 7.43. The fourth-order valence-corrected chi connectivity index (χ4v) is 3.82. The molecule has 1 aromatic rings. The maximum atomic E-state index is 6.13. The minimum absolute atomic E-state index is 0.305. The van der Waals surface area contributed by atoms with Crippen LogP contribution in [-0.2, 0) is 0 Å².